The Labute approximate surface area is 118 Å². The van der Waals surface area contributed by atoms with Gasteiger partial charge in [0.25, 0.3) is 5.91 Å². The van der Waals surface area contributed by atoms with Crippen molar-refractivity contribution in [2.75, 3.05) is 26.1 Å². The first kappa shape index (κ1) is 16.1. The monoisotopic (exact) mass is 279 g/mol. The van der Waals surface area contributed by atoms with E-state index >= 15 is 0 Å². The summed E-state index contributed by atoms with van der Waals surface area (Å²) in [7, 11) is 3.11. The lowest BCUT2D eigenvalue weighted by molar-refractivity contribution is -0.117. The van der Waals surface area contributed by atoms with Crippen molar-refractivity contribution >= 4 is 17.5 Å². The van der Waals surface area contributed by atoms with Crippen molar-refractivity contribution in [1.29, 1.82) is 0 Å². The van der Waals surface area contributed by atoms with Crippen molar-refractivity contribution in [3.8, 4) is 0 Å². The standard InChI is InChI=1S/C14H21N3O3/c1-9-4-5-10(13(18)16-2)8-12(9)17-14(19)11(15)6-7-20-3/h4-5,8,11H,6-7,15H2,1-3H3,(H,16,18)(H,17,19). The van der Waals surface area contributed by atoms with Crippen LogP contribution in [0.25, 0.3) is 0 Å². The highest BCUT2D eigenvalue weighted by Gasteiger charge is 2.15. The van der Waals surface area contributed by atoms with Gasteiger partial charge in [-0.3, -0.25) is 9.59 Å². The topological polar surface area (TPSA) is 93.5 Å². The average Bonchev–Trinajstić information content (AvgIpc) is 2.45. The largest absolute Gasteiger partial charge is 0.385 e. The van der Waals surface area contributed by atoms with Gasteiger partial charge in [-0.25, -0.2) is 0 Å². The minimum atomic E-state index is -0.641. The summed E-state index contributed by atoms with van der Waals surface area (Å²) >= 11 is 0. The molecule has 0 aliphatic heterocycles. The first-order valence-electron chi connectivity index (χ1n) is 6.37. The van der Waals surface area contributed by atoms with E-state index in [9.17, 15) is 9.59 Å². The number of nitrogens with one attached hydrogen (secondary N) is 2. The van der Waals surface area contributed by atoms with Crippen LogP contribution in [0.3, 0.4) is 0 Å². The molecule has 4 N–H and O–H groups in total. The predicted octanol–water partition coefficient (Wildman–Crippen LogP) is 0.657. The highest BCUT2D eigenvalue weighted by Crippen LogP contribution is 2.17. The summed E-state index contributed by atoms with van der Waals surface area (Å²) in [4.78, 5) is 23.5. The van der Waals surface area contributed by atoms with E-state index in [-0.39, 0.29) is 11.8 Å². The second-order valence-corrected chi connectivity index (χ2v) is 4.49. The number of ether oxygens (including phenoxy) is 1. The molecule has 6 heteroatoms. The number of rotatable bonds is 6. The van der Waals surface area contributed by atoms with Gasteiger partial charge in [0.2, 0.25) is 5.91 Å². The van der Waals surface area contributed by atoms with Gasteiger partial charge in [0, 0.05) is 32.0 Å². The van der Waals surface area contributed by atoms with Crippen molar-refractivity contribution in [3.05, 3.63) is 29.3 Å². The van der Waals surface area contributed by atoms with Crippen LogP contribution < -0.4 is 16.4 Å². The molecule has 1 atom stereocenters. The summed E-state index contributed by atoms with van der Waals surface area (Å²) in [5.74, 6) is -0.497. The van der Waals surface area contributed by atoms with Crippen LogP contribution in [0.2, 0.25) is 0 Å². The minimum absolute atomic E-state index is 0.204. The molecule has 0 saturated carbocycles. The maximum Gasteiger partial charge on any atom is 0.251 e. The van der Waals surface area contributed by atoms with Gasteiger partial charge in [-0.2, -0.15) is 0 Å². The Balaban J connectivity index is 2.80. The molecule has 0 fully saturated rings. The maximum atomic E-state index is 11.9. The van der Waals surface area contributed by atoms with Crippen LogP contribution in [0, 0.1) is 6.92 Å². The number of hydrogen-bond acceptors (Lipinski definition) is 4. The predicted molar refractivity (Wildman–Crippen MR) is 77.7 cm³/mol. The Morgan fingerprint density at radius 1 is 1.40 bits per heavy atom. The molecule has 2 amide bonds. The van der Waals surface area contributed by atoms with E-state index in [0.29, 0.717) is 24.3 Å². The molecule has 0 heterocycles. The summed E-state index contributed by atoms with van der Waals surface area (Å²) in [5.41, 5.74) is 7.69. The highest BCUT2D eigenvalue weighted by molar-refractivity contribution is 5.99. The summed E-state index contributed by atoms with van der Waals surface area (Å²) in [6.07, 6.45) is 0.441. The Morgan fingerprint density at radius 2 is 2.10 bits per heavy atom. The molecule has 1 unspecified atom stereocenters. The summed E-state index contributed by atoms with van der Waals surface area (Å²) in [5, 5.41) is 5.28. The molecule has 0 radical (unpaired) electrons. The number of aryl methyl sites for hydroxylation is 1. The zero-order chi connectivity index (χ0) is 15.1. The average molecular weight is 279 g/mol. The fourth-order valence-corrected chi connectivity index (χ4v) is 1.64. The molecule has 110 valence electrons. The molecule has 1 aromatic rings. The van der Waals surface area contributed by atoms with Crippen molar-refractivity contribution in [1.82, 2.24) is 5.32 Å². The van der Waals surface area contributed by atoms with Crippen molar-refractivity contribution in [2.45, 2.75) is 19.4 Å². The van der Waals surface area contributed by atoms with Gasteiger partial charge >= 0.3 is 0 Å². The van der Waals surface area contributed by atoms with Gasteiger partial charge in [0.05, 0.1) is 6.04 Å². The van der Waals surface area contributed by atoms with E-state index in [1.54, 1.807) is 32.4 Å². The molecule has 0 aliphatic carbocycles. The van der Waals surface area contributed by atoms with Crippen molar-refractivity contribution in [3.63, 3.8) is 0 Å². The van der Waals surface area contributed by atoms with Crippen LogP contribution >= 0.6 is 0 Å². The lowest BCUT2D eigenvalue weighted by Gasteiger charge is -2.14. The number of anilines is 1. The summed E-state index contributed by atoms with van der Waals surface area (Å²) < 4.78 is 4.89. The Hall–Kier alpha value is -1.92. The van der Waals surface area contributed by atoms with E-state index in [1.165, 1.54) is 0 Å². The fraction of sp³-hybridized carbons (Fsp3) is 0.429. The normalized spacial score (nSPS) is 11.8. The quantitative estimate of drug-likeness (QED) is 0.713. The first-order valence-corrected chi connectivity index (χ1v) is 6.37. The van der Waals surface area contributed by atoms with Crippen LogP contribution in [0.1, 0.15) is 22.3 Å². The van der Waals surface area contributed by atoms with Gasteiger partial charge in [0.1, 0.15) is 0 Å². The molecular weight excluding hydrogens is 258 g/mol. The van der Waals surface area contributed by atoms with Gasteiger partial charge in [-0.1, -0.05) is 6.07 Å². The van der Waals surface area contributed by atoms with Crippen LogP contribution in [-0.4, -0.2) is 38.6 Å². The number of methoxy groups -OCH3 is 1. The van der Waals surface area contributed by atoms with E-state index in [4.69, 9.17) is 10.5 Å². The second-order valence-electron chi connectivity index (χ2n) is 4.49. The molecule has 0 saturated heterocycles. The molecular formula is C14H21N3O3. The summed E-state index contributed by atoms with van der Waals surface area (Å²) in [6, 6.07) is 4.47. The second kappa shape index (κ2) is 7.62. The Morgan fingerprint density at radius 3 is 2.70 bits per heavy atom. The first-order chi connectivity index (χ1) is 9.49. The molecule has 1 rings (SSSR count). The van der Waals surface area contributed by atoms with E-state index in [0.717, 1.165) is 5.56 Å². The molecule has 1 aromatic carbocycles. The third-order valence-corrected chi connectivity index (χ3v) is 2.95. The number of carbonyl (C=O) groups excluding carboxylic acids is 2. The number of benzene rings is 1. The smallest absolute Gasteiger partial charge is 0.251 e. The number of nitrogens with two attached hydrogens (primary N) is 1. The minimum Gasteiger partial charge on any atom is -0.385 e. The van der Waals surface area contributed by atoms with Crippen LogP contribution in [0.15, 0.2) is 18.2 Å². The van der Waals surface area contributed by atoms with E-state index in [2.05, 4.69) is 10.6 Å². The third-order valence-electron chi connectivity index (χ3n) is 2.95. The molecule has 0 bridgehead atoms. The maximum absolute atomic E-state index is 11.9. The Kier molecular flexibility index (Phi) is 6.14. The van der Waals surface area contributed by atoms with Gasteiger partial charge in [0.15, 0.2) is 0 Å². The van der Waals surface area contributed by atoms with Gasteiger partial charge in [-0.15, -0.1) is 0 Å². The molecule has 20 heavy (non-hydrogen) atoms. The molecule has 0 aromatic heterocycles. The zero-order valence-electron chi connectivity index (χ0n) is 12.0. The molecule has 6 nitrogen and oxygen atoms in total. The number of hydrogen-bond donors (Lipinski definition) is 3. The third kappa shape index (κ3) is 4.32. The van der Waals surface area contributed by atoms with Crippen LogP contribution in [0.5, 0.6) is 0 Å². The number of amides is 2. The molecule has 0 spiro atoms. The van der Waals surface area contributed by atoms with Gasteiger partial charge < -0.3 is 21.1 Å². The Bertz CT molecular complexity index is 489. The van der Waals surface area contributed by atoms with E-state index in [1.807, 2.05) is 6.92 Å². The van der Waals surface area contributed by atoms with Crippen LogP contribution in [0.4, 0.5) is 5.69 Å². The van der Waals surface area contributed by atoms with Crippen LogP contribution in [-0.2, 0) is 9.53 Å². The lowest BCUT2D eigenvalue weighted by Crippen LogP contribution is -2.36. The molecule has 0 aliphatic rings. The number of carbonyl (C=O) groups is 2. The van der Waals surface area contributed by atoms with Crippen molar-refractivity contribution < 1.29 is 14.3 Å². The lowest BCUT2D eigenvalue weighted by atomic mass is 10.1. The van der Waals surface area contributed by atoms with Gasteiger partial charge in [-0.05, 0) is 31.0 Å². The van der Waals surface area contributed by atoms with Crippen molar-refractivity contribution in [2.24, 2.45) is 5.73 Å². The fourth-order valence-electron chi connectivity index (χ4n) is 1.64. The highest BCUT2D eigenvalue weighted by atomic mass is 16.5. The van der Waals surface area contributed by atoms with E-state index < -0.39 is 6.04 Å². The SMILES string of the molecule is CNC(=O)c1ccc(C)c(NC(=O)C(N)CCOC)c1. The summed E-state index contributed by atoms with van der Waals surface area (Å²) in [6.45, 7) is 2.27. The zero-order valence-corrected chi connectivity index (χ0v) is 12.0.